The predicted octanol–water partition coefficient (Wildman–Crippen LogP) is 3.54. The highest BCUT2D eigenvalue weighted by Gasteiger charge is 2.48. The largest absolute Gasteiger partial charge is 0.468 e. The number of halogens is 1. The van der Waals surface area contributed by atoms with Gasteiger partial charge in [-0.25, -0.2) is 9.36 Å². The van der Waals surface area contributed by atoms with Gasteiger partial charge in [0.1, 0.15) is 24.1 Å². The van der Waals surface area contributed by atoms with Crippen molar-refractivity contribution in [1.82, 2.24) is 14.2 Å². The average molecular weight is 650 g/mol. The molecule has 0 bridgehead atoms. The first-order chi connectivity index (χ1) is 19.7. The summed E-state index contributed by atoms with van der Waals surface area (Å²) in [5.74, 6) is -0.254. The zero-order valence-electron chi connectivity index (χ0n) is 22.1. The molecule has 2 N–H and O–H groups in total. The molecule has 41 heavy (non-hydrogen) atoms. The molecule has 5 rings (SSSR count). The Bertz CT molecular complexity index is 1620. The normalized spacial score (nSPS) is 24.6. The number of methoxy groups -OCH3 is 1. The number of carbonyl (C=O) groups is 1. The second-order valence-corrected chi connectivity index (χ2v) is 12.1. The van der Waals surface area contributed by atoms with Gasteiger partial charge in [0.2, 0.25) is 0 Å². The molecule has 0 saturated carbocycles. The molecule has 1 aromatic heterocycles. The van der Waals surface area contributed by atoms with Crippen LogP contribution in [0.1, 0.15) is 31.1 Å². The van der Waals surface area contributed by atoms with Crippen molar-refractivity contribution in [3.63, 3.8) is 0 Å². The molecule has 0 aliphatic carbocycles. The van der Waals surface area contributed by atoms with E-state index >= 15 is 0 Å². The van der Waals surface area contributed by atoms with Gasteiger partial charge in [0, 0.05) is 24.5 Å². The number of aliphatic hydroxyl groups is 1. The first kappa shape index (κ1) is 29.4. The van der Waals surface area contributed by atoms with Crippen LogP contribution >= 0.6 is 23.7 Å². The van der Waals surface area contributed by atoms with E-state index in [1.165, 1.54) is 33.6 Å². The number of rotatable bonds is 9. The summed E-state index contributed by atoms with van der Waals surface area (Å²) in [4.78, 5) is 40.8. The van der Waals surface area contributed by atoms with Crippen LogP contribution in [0.5, 0.6) is 5.75 Å². The van der Waals surface area contributed by atoms with Gasteiger partial charge in [-0.05, 0) is 35.4 Å². The molecule has 3 heterocycles. The van der Waals surface area contributed by atoms with Crippen molar-refractivity contribution in [1.29, 1.82) is 0 Å². The van der Waals surface area contributed by atoms with E-state index < -0.39 is 49.4 Å². The van der Waals surface area contributed by atoms with Crippen molar-refractivity contribution in [3.8, 4) is 5.75 Å². The van der Waals surface area contributed by atoms with Crippen molar-refractivity contribution in [2.24, 2.45) is 0 Å². The number of ether oxygens (including phenoxy) is 2. The maximum atomic E-state index is 14.5. The zero-order chi connectivity index (χ0) is 29.1. The van der Waals surface area contributed by atoms with Gasteiger partial charge in [0.05, 0.1) is 25.4 Å². The first-order valence-corrected chi connectivity index (χ1v) is 15.4. The lowest BCUT2D eigenvalue weighted by Gasteiger charge is -2.31. The summed E-state index contributed by atoms with van der Waals surface area (Å²) >= 11 is 3.11. The summed E-state index contributed by atoms with van der Waals surface area (Å²) in [5, 5.41) is 12.3. The first-order valence-electron chi connectivity index (χ1n) is 13.0. The Hall–Kier alpha value is -3.06. The summed E-state index contributed by atoms with van der Waals surface area (Å²) in [6.07, 6.45) is 0.793. The molecule has 0 spiro atoms. The van der Waals surface area contributed by atoms with Gasteiger partial charge in [-0.1, -0.05) is 52.3 Å². The van der Waals surface area contributed by atoms with Crippen LogP contribution in [0.2, 0.25) is 0 Å². The average Bonchev–Trinajstić information content (AvgIpc) is 3.61. The smallest absolute Gasteiger partial charge is 0.462 e. The number of esters is 1. The number of fused-ring (bicyclic) bond motifs is 1. The number of H-pyrrole nitrogens is 1. The van der Waals surface area contributed by atoms with E-state index in [-0.39, 0.29) is 25.1 Å². The number of aliphatic hydroxyl groups excluding tert-OH is 1. The molecule has 3 aromatic rings. The topological polar surface area (TPSA) is 149 Å². The van der Waals surface area contributed by atoms with Gasteiger partial charge < -0.3 is 19.1 Å². The molecule has 0 amide bonds. The number of aromatic amines is 1. The van der Waals surface area contributed by atoms with Gasteiger partial charge in [-0.15, -0.1) is 0 Å². The SMILES string of the molecule is COC(=O)[C@@H]1CCCN1P(=O)(OC[C@H]1O[C@@H](n2cc(/C=C/Br)c(=O)[nH]c2=O)C[C@@H]1O)Oc1cccc2ccccc12. The van der Waals surface area contributed by atoms with E-state index in [1.807, 2.05) is 30.3 Å². The minimum absolute atomic E-state index is 0.0143. The lowest BCUT2D eigenvalue weighted by molar-refractivity contribution is -0.144. The van der Waals surface area contributed by atoms with Crippen LogP contribution in [-0.2, 0) is 23.4 Å². The molecule has 5 atom stereocenters. The van der Waals surface area contributed by atoms with E-state index in [0.29, 0.717) is 24.0 Å². The summed E-state index contributed by atoms with van der Waals surface area (Å²) in [6, 6.07) is 11.9. The molecule has 2 aliphatic heterocycles. The minimum atomic E-state index is -4.21. The third-order valence-electron chi connectivity index (χ3n) is 7.13. The number of benzene rings is 2. The Morgan fingerprint density at radius 2 is 2.02 bits per heavy atom. The van der Waals surface area contributed by atoms with Crippen molar-refractivity contribution in [2.45, 2.75) is 43.7 Å². The summed E-state index contributed by atoms with van der Waals surface area (Å²) in [6.45, 7) is -0.106. The molecular weight excluding hydrogens is 621 g/mol. The second-order valence-electron chi connectivity index (χ2n) is 9.65. The number of aromatic nitrogens is 2. The molecule has 1 unspecified atom stereocenters. The minimum Gasteiger partial charge on any atom is -0.468 e. The maximum absolute atomic E-state index is 14.5. The van der Waals surface area contributed by atoms with Gasteiger partial charge in [0.15, 0.2) is 0 Å². The highest BCUT2D eigenvalue weighted by molar-refractivity contribution is 9.11. The van der Waals surface area contributed by atoms with Crippen molar-refractivity contribution in [3.05, 3.63) is 80.0 Å². The quantitative estimate of drug-likeness (QED) is 0.260. The van der Waals surface area contributed by atoms with Crippen molar-refractivity contribution >= 4 is 46.5 Å². The van der Waals surface area contributed by atoms with Crippen LogP contribution in [0.15, 0.2) is 63.2 Å². The summed E-state index contributed by atoms with van der Waals surface area (Å²) < 4.78 is 40.0. The van der Waals surface area contributed by atoms with Crippen LogP contribution in [-0.4, -0.2) is 63.8 Å². The lowest BCUT2D eigenvalue weighted by Crippen LogP contribution is -2.37. The molecule has 2 fully saturated rings. The molecule has 218 valence electrons. The number of nitrogens with zero attached hydrogens (tertiary/aromatic N) is 2. The fourth-order valence-corrected chi connectivity index (χ4v) is 7.35. The summed E-state index contributed by atoms with van der Waals surface area (Å²) in [7, 11) is -2.95. The standard InChI is InChI=1S/C27H29BrN3O9P/c1-37-26(34)20-9-5-13-31(20)41(36,40-22-10-4-7-17-6-2-3-8-19(17)22)38-16-23-21(32)14-24(39-23)30-15-18(11-12-28)25(33)29-27(30)35/h2-4,6-8,10-12,15,20-21,23-24,32H,5,9,13-14,16H2,1H3,(H,29,33,35)/b12-11+/t20-,21-,23+,24+,41?/m0/s1. The van der Waals surface area contributed by atoms with Crippen molar-refractivity contribution < 1.29 is 33.0 Å². The Balaban J connectivity index is 1.41. The van der Waals surface area contributed by atoms with Crippen LogP contribution in [0.3, 0.4) is 0 Å². The highest BCUT2D eigenvalue weighted by Crippen LogP contribution is 2.56. The second kappa shape index (κ2) is 12.4. The third kappa shape index (κ3) is 6.11. The Labute approximate surface area is 243 Å². The Morgan fingerprint density at radius 3 is 2.80 bits per heavy atom. The fourth-order valence-electron chi connectivity index (χ4n) is 5.08. The Morgan fingerprint density at radius 1 is 1.24 bits per heavy atom. The lowest BCUT2D eigenvalue weighted by atomic mass is 10.1. The molecule has 0 radical (unpaired) electrons. The molecule has 12 nitrogen and oxygen atoms in total. The van der Waals surface area contributed by atoms with E-state index in [9.17, 15) is 24.1 Å². The van der Waals surface area contributed by atoms with Crippen molar-refractivity contribution in [2.75, 3.05) is 20.3 Å². The van der Waals surface area contributed by atoms with E-state index in [4.69, 9.17) is 18.5 Å². The van der Waals surface area contributed by atoms with Gasteiger partial charge in [-0.2, -0.15) is 4.67 Å². The molecule has 2 aliphatic rings. The molecule has 2 saturated heterocycles. The number of carbonyl (C=O) groups excluding carboxylic acids is 1. The van der Waals surface area contributed by atoms with Gasteiger partial charge >= 0.3 is 19.4 Å². The Kier molecular flexibility index (Phi) is 8.93. The van der Waals surface area contributed by atoms with E-state index in [1.54, 1.807) is 12.1 Å². The third-order valence-corrected chi connectivity index (χ3v) is 9.41. The molecule has 2 aromatic carbocycles. The fraction of sp³-hybridized carbons (Fsp3) is 0.370. The van der Waals surface area contributed by atoms with Crippen LogP contribution < -0.4 is 15.8 Å². The monoisotopic (exact) mass is 649 g/mol. The van der Waals surface area contributed by atoms with E-state index in [2.05, 4.69) is 20.9 Å². The van der Waals surface area contributed by atoms with Gasteiger partial charge in [-0.3, -0.25) is 23.7 Å². The maximum Gasteiger partial charge on any atom is 0.462 e. The van der Waals surface area contributed by atoms with Crippen LogP contribution in [0.25, 0.3) is 16.8 Å². The number of nitrogens with one attached hydrogen (secondary N) is 1. The molecule has 14 heteroatoms. The highest BCUT2D eigenvalue weighted by atomic mass is 79.9. The number of hydrogen-bond acceptors (Lipinski definition) is 9. The number of hydrogen-bond donors (Lipinski definition) is 2. The predicted molar refractivity (Wildman–Crippen MR) is 154 cm³/mol. The van der Waals surface area contributed by atoms with Gasteiger partial charge in [0.25, 0.3) is 5.56 Å². The summed E-state index contributed by atoms with van der Waals surface area (Å²) in [5.41, 5.74) is -1.07. The van der Waals surface area contributed by atoms with Crippen LogP contribution in [0, 0.1) is 0 Å². The molecular formula is C27H29BrN3O9P. The van der Waals surface area contributed by atoms with E-state index in [0.717, 1.165) is 5.39 Å². The van der Waals surface area contributed by atoms with Crippen LogP contribution in [0.4, 0.5) is 0 Å². The zero-order valence-corrected chi connectivity index (χ0v) is 24.5.